The fourth-order valence-electron chi connectivity index (χ4n) is 2.86. The molecule has 0 bridgehead atoms. The van der Waals surface area contributed by atoms with Crippen molar-refractivity contribution in [2.45, 2.75) is 39.2 Å². The highest BCUT2D eigenvalue weighted by atomic mass is 35.5. The van der Waals surface area contributed by atoms with E-state index >= 15 is 0 Å². The van der Waals surface area contributed by atoms with Crippen LogP contribution in [0.5, 0.6) is 5.75 Å². The van der Waals surface area contributed by atoms with Gasteiger partial charge in [0.2, 0.25) is 5.91 Å². The van der Waals surface area contributed by atoms with Crippen molar-refractivity contribution in [3.05, 3.63) is 29.8 Å². The number of carbonyl (C=O) groups excluding carboxylic acids is 1. The maximum absolute atomic E-state index is 12.4. The number of amides is 1. The van der Waals surface area contributed by atoms with Crippen LogP contribution in [0.1, 0.15) is 38.2 Å². The van der Waals surface area contributed by atoms with Crippen molar-refractivity contribution in [2.24, 2.45) is 11.1 Å². The molecule has 0 atom stereocenters. The summed E-state index contributed by atoms with van der Waals surface area (Å²) in [7, 11) is 0. The van der Waals surface area contributed by atoms with E-state index in [4.69, 9.17) is 10.5 Å². The van der Waals surface area contributed by atoms with Crippen LogP contribution >= 0.6 is 12.4 Å². The summed E-state index contributed by atoms with van der Waals surface area (Å²) in [5, 5.41) is 3.03. The van der Waals surface area contributed by atoms with Gasteiger partial charge in [-0.2, -0.15) is 0 Å². The Kier molecular flexibility index (Phi) is 6.99. The largest absolute Gasteiger partial charge is 0.494 e. The molecule has 0 aliphatic heterocycles. The maximum atomic E-state index is 12.4. The van der Waals surface area contributed by atoms with Gasteiger partial charge in [-0.15, -0.1) is 12.4 Å². The molecule has 1 aromatic rings. The molecule has 0 heterocycles. The van der Waals surface area contributed by atoms with Gasteiger partial charge in [-0.3, -0.25) is 4.79 Å². The Labute approximate surface area is 132 Å². The first-order valence-electron chi connectivity index (χ1n) is 7.40. The van der Waals surface area contributed by atoms with Crippen molar-refractivity contribution < 1.29 is 9.53 Å². The van der Waals surface area contributed by atoms with Gasteiger partial charge in [0.25, 0.3) is 0 Å². The van der Waals surface area contributed by atoms with Crippen molar-refractivity contribution in [2.75, 3.05) is 13.2 Å². The minimum absolute atomic E-state index is 0. The van der Waals surface area contributed by atoms with Gasteiger partial charge < -0.3 is 15.8 Å². The number of rotatable bonds is 6. The first-order valence-corrected chi connectivity index (χ1v) is 7.40. The third kappa shape index (κ3) is 4.35. The van der Waals surface area contributed by atoms with Crippen LogP contribution in [0, 0.1) is 5.41 Å². The molecular weight excluding hydrogens is 288 g/mol. The normalized spacial score (nSPS) is 16.1. The number of hydrogen-bond donors (Lipinski definition) is 2. The summed E-state index contributed by atoms with van der Waals surface area (Å²) in [6.07, 6.45) is 4.03. The number of carbonyl (C=O) groups is 1. The SMILES string of the molecule is CCOc1cccc(CNC(=O)C2(CN)CCCC2)c1.Cl. The molecule has 0 aromatic heterocycles. The summed E-state index contributed by atoms with van der Waals surface area (Å²) in [6, 6.07) is 7.83. The van der Waals surface area contributed by atoms with E-state index < -0.39 is 0 Å². The van der Waals surface area contributed by atoms with E-state index in [2.05, 4.69) is 5.32 Å². The van der Waals surface area contributed by atoms with Gasteiger partial charge in [0.1, 0.15) is 5.75 Å². The molecule has 5 heteroatoms. The highest BCUT2D eigenvalue weighted by molar-refractivity contribution is 5.85. The molecule has 21 heavy (non-hydrogen) atoms. The molecule has 1 aromatic carbocycles. The number of ether oxygens (including phenoxy) is 1. The van der Waals surface area contributed by atoms with Crippen molar-refractivity contribution in [1.82, 2.24) is 5.32 Å². The number of hydrogen-bond acceptors (Lipinski definition) is 3. The molecule has 0 unspecified atom stereocenters. The van der Waals surface area contributed by atoms with Crippen LogP contribution in [0.4, 0.5) is 0 Å². The molecule has 118 valence electrons. The number of nitrogens with two attached hydrogens (primary N) is 1. The van der Waals surface area contributed by atoms with Crippen LogP contribution in [0.3, 0.4) is 0 Å². The zero-order valence-corrected chi connectivity index (χ0v) is 13.4. The highest BCUT2D eigenvalue weighted by Crippen LogP contribution is 2.37. The van der Waals surface area contributed by atoms with E-state index in [0.29, 0.717) is 19.7 Å². The summed E-state index contributed by atoms with van der Waals surface area (Å²) in [4.78, 5) is 12.4. The van der Waals surface area contributed by atoms with E-state index in [-0.39, 0.29) is 23.7 Å². The lowest BCUT2D eigenvalue weighted by Gasteiger charge is -2.25. The summed E-state index contributed by atoms with van der Waals surface area (Å²) in [6.45, 7) is 3.57. The minimum Gasteiger partial charge on any atom is -0.494 e. The summed E-state index contributed by atoms with van der Waals surface area (Å²) in [5.41, 5.74) is 6.54. The Balaban J connectivity index is 0.00000220. The van der Waals surface area contributed by atoms with Crippen molar-refractivity contribution in [1.29, 1.82) is 0 Å². The van der Waals surface area contributed by atoms with Gasteiger partial charge in [-0.1, -0.05) is 25.0 Å². The smallest absolute Gasteiger partial charge is 0.227 e. The quantitative estimate of drug-likeness (QED) is 0.848. The van der Waals surface area contributed by atoms with Crippen LogP contribution in [-0.4, -0.2) is 19.1 Å². The Bertz CT molecular complexity index is 459. The highest BCUT2D eigenvalue weighted by Gasteiger charge is 2.39. The van der Waals surface area contributed by atoms with Crippen LogP contribution < -0.4 is 15.8 Å². The van der Waals surface area contributed by atoms with Crippen LogP contribution in [0.25, 0.3) is 0 Å². The predicted molar refractivity (Wildman–Crippen MR) is 86.7 cm³/mol. The summed E-state index contributed by atoms with van der Waals surface area (Å²) < 4.78 is 5.46. The molecule has 0 saturated heterocycles. The molecule has 1 aliphatic carbocycles. The molecule has 2 rings (SSSR count). The standard InChI is InChI=1S/C16H24N2O2.ClH/c1-2-20-14-7-5-6-13(10-14)11-18-15(19)16(12-17)8-3-4-9-16;/h5-7,10H,2-4,8-9,11-12,17H2,1H3,(H,18,19);1H. The minimum atomic E-state index is -0.336. The van der Waals surface area contributed by atoms with E-state index in [1.165, 1.54) is 0 Å². The average Bonchev–Trinajstić information content (AvgIpc) is 2.96. The summed E-state index contributed by atoms with van der Waals surface area (Å²) in [5.74, 6) is 0.938. The van der Waals surface area contributed by atoms with Crippen LogP contribution in [-0.2, 0) is 11.3 Å². The van der Waals surface area contributed by atoms with Gasteiger partial charge in [-0.05, 0) is 37.5 Å². The zero-order chi connectivity index (χ0) is 14.4. The third-order valence-corrected chi connectivity index (χ3v) is 4.10. The molecular formula is C16H25ClN2O2. The van der Waals surface area contributed by atoms with Crippen molar-refractivity contribution >= 4 is 18.3 Å². The number of benzene rings is 1. The molecule has 4 nitrogen and oxygen atoms in total. The monoisotopic (exact) mass is 312 g/mol. The molecule has 1 aliphatic rings. The second kappa shape index (κ2) is 8.25. The van der Waals surface area contributed by atoms with E-state index in [0.717, 1.165) is 37.0 Å². The van der Waals surface area contributed by atoms with Gasteiger partial charge in [0.05, 0.1) is 12.0 Å². The molecule has 1 saturated carbocycles. The first kappa shape index (κ1) is 17.8. The Morgan fingerprint density at radius 3 is 2.71 bits per heavy atom. The topological polar surface area (TPSA) is 64.3 Å². The predicted octanol–water partition coefficient (Wildman–Crippen LogP) is 2.64. The molecule has 0 radical (unpaired) electrons. The van der Waals surface area contributed by atoms with Gasteiger partial charge in [-0.25, -0.2) is 0 Å². The van der Waals surface area contributed by atoms with Gasteiger partial charge in [0.15, 0.2) is 0 Å². The molecule has 0 spiro atoms. The molecule has 1 fully saturated rings. The third-order valence-electron chi connectivity index (χ3n) is 4.10. The van der Waals surface area contributed by atoms with Crippen LogP contribution in [0.2, 0.25) is 0 Å². The van der Waals surface area contributed by atoms with E-state index in [1.807, 2.05) is 31.2 Å². The Morgan fingerprint density at radius 1 is 1.38 bits per heavy atom. The average molecular weight is 313 g/mol. The maximum Gasteiger partial charge on any atom is 0.227 e. The Hall–Kier alpha value is -1.26. The van der Waals surface area contributed by atoms with Crippen molar-refractivity contribution in [3.63, 3.8) is 0 Å². The lowest BCUT2D eigenvalue weighted by atomic mass is 9.85. The summed E-state index contributed by atoms with van der Waals surface area (Å²) >= 11 is 0. The van der Waals surface area contributed by atoms with Gasteiger partial charge in [0, 0.05) is 13.1 Å². The second-order valence-corrected chi connectivity index (χ2v) is 5.45. The molecule has 3 N–H and O–H groups in total. The van der Waals surface area contributed by atoms with E-state index in [9.17, 15) is 4.79 Å². The van der Waals surface area contributed by atoms with Crippen LogP contribution in [0.15, 0.2) is 24.3 Å². The lowest BCUT2D eigenvalue weighted by Crippen LogP contribution is -2.43. The Morgan fingerprint density at radius 2 is 2.10 bits per heavy atom. The fourth-order valence-corrected chi connectivity index (χ4v) is 2.86. The number of nitrogens with one attached hydrogen (secondary N) is 1. The van der Waals surface area contributed by atoms with Gasteiger partial charge >= 0.3 is 0 Å². The van der Waals surface area contributed by atoms with Crippen molar-refractivity contribution in [3.8, 4) is 5.75 Å². The second-order valence-electron chi connectivity index (χ2n) is 5.45. The zero-order valence-electron chi connectivity index (χ0n) is 12.6. The molecule has 1 amide bonds. The lowest BCUT2D eigenvalue weighted by molar-refractivity contribution is -0.130. The first-order chi connectivity index (χ1) is 9.70. The van der Waals surface area contributed by atoms with E-state index in [1.54, 1.807) is 0 Å². The fraction of sp³-hybridized carbons (Fsp3) is 0.562. The number of halogens is 1.